The van der Waals surface area contributed by atoms with Crippen LogP contribution in [0.4, 0.5) is 0 Å². The zero-order valence-corrected chi connectivity index (χ0v) is 11.2. The molecular weight excluding hydrogens is 256 g/mol. The number of sulfone groups is 1. The van der Waals surface area contributed by atoms with Crippen LogP contribution in [0.3, 0.4) is 0 Å². The molecule has 2 fully saturated rings. The number of hydrogen-bond donors (Lipinski definition) is 1. The normalized spacial score (nSPS) is 34.8. The van der Waals surface area contributed by atoms with Crippen molar-refractivity contribution >= 4 is 15.8 Å². The van der Waals surface area contributed by atoms with Crippen LogP contribution in [0.1, 0.15) is 38.5 Å². The molecule has 0 aliphatic carbocycles. The fourth-order valence-electron chi connectivity index (χ4n) is 2.93. The highest BCUT2D eigenvalue weighted by atomic mass is 32.2. The lowest BCUT2D eigenvalue weighted by atomic mass is 9.82. The molecule has 0 radical (unpaired) electrons. The van der Waals surface area contributed by atoms with Gasteiger partial charge in [-0.25, -0.2) is 8.42 Å². The summed E-state index contributed by atoms with van der Waals surface area (Å²) in [7, 11) is -3.16. The van der Waals surface area contributed by atoms with E-state index in [1.807, 2.05) is 0 Å². The molecule has 1 N–H and O–H groups in total. The largest absolute Gasteiger partial charge is 0.481 e. The summed E-state index contributed by atoms with van der Waals surface area (Å²) in [5.74, 6) is -1.14. The number of ether oxygens (including phenoxy) is 1. The Morgan fingerprint density at radius 2 is 2.22 bits per heavy atom. The van der Waals surface area contributed by atoms with Gasteiger partial charge in [-0.15, -0.1) is 0 Å². The first-order chi connectivity index (χ1) is 8.44. The van der Waals surface area contributed by atoms with E-state index in [2.05, 4.69) is 0 Å². The van der Waals surface area contributed by atoms with Crippen molar-refractivity contribution in [3.8, 4) is 0 Å². The van der Waals surface area contributed by atoms with Gasteiger partial charge < -0.3 is 9.84 Å². The van der Waals surface area contributed by atoms with Crippen LogP contribution >= 0.6 is 0 Å². The first-order valence-electron chi connectivity index (χ1n) is 6.49. The van der Waals surface area contributed by atoms with Crippen LogP contribution in [0.25, 0.3) is 0 Å². The maximum atomic E-state index is 11.5. The van der Waals surface area contributed by atoms with Crippen molar-refractivity contribution in [2.45, 2.75) is 44.6 Å². The van der Waals surface area contributed by atoms with E-state index < -0.39 is 21.2 Å². The number of hydrogen-bond acceptors (Lipinski definition) is 4. The first kappa shape index (κ1) is 13.8. The van der Waals surface area contributed by atoms with Crippen molar-refractivity contribution in [3.05, 3.63) is 0 Å². The third-order valence-electron chi connectivity index (χ3n) is 4.05. The lowest BCUT2D eigenvalue weighted by molar-refractivity contribution is -0.148. The molecule has 0 spiro atoms. The molecule has 18 heavy (non-hydrogen) atoms. The molecule has 104 valence electrons. The number of carboxylic acid groups (broad SMARTS) is 1. The Hall–Kier alpha value is -0.620. The van der Waals surface area contributed by atoms with Gasteiger partial charge >= 0.3 is 5.97 Å². The van der Waals surface area contributed by atoms with Crippen LogP contribution in [0, 0.1) is 5.41 Å². The van der Waals surface area contributed by atoms with Crippen LogP contribution in [0.5, 0.6) is 0 Å². The van der Waals surface area contributed by atoms with Gasteiger partial charge in [0, 0.05) is 6.61 Å². The summed E-state index contributed by atoms with van der Waals surface area (Å²) in [6.07, 6.45) is 4.63. The van der Waals surface area contributed by atoms with E-state index in [1.54, 1.807) is 0 Å². The Morgan fingerprint density at radius 1 is 1.44 bits per heavy atom. The molecule has 2 saturated heterocycles. The molecule has 0 aromatic heterocycles. The minimum atomic E-state index is -3.16. The summed E-state index contributed by atoms with van der Waals surface area (Å²) < 4.78 is 28.5. The average molecular weight is 276 g/mol. The molecule has 5 nitrogen and oxygen atoms in total. The minimum Gasteiger partial charge on any atom is -0.481 e. The second kappa shape index (κ2) is 5.17. The van der Waals surface area contributed by atoms with Crippen LogP contribution in [-0.4, -0.2) is 43.7 Å². The molecule has 2 heterocycles. The van der Waals surface area contributed by atoms with E-state index in [4.69, 9.17) is 4.74 Å². The molecule has 0 aromatic carbocycles. The van der Waals surface area contributed by atoms with Crippen molar-refractivity contribution in [2.24, 2.45) is 5.41 Å². The maximum Gasteiger partial charge on any atom is 0.310 e. The van der Waals surface area contributed by atoms with Gasteiger partial charge in [0.25, 0.3) is 0 Å². The highest BCUT2D eigenvalue weighted by molar-refractivity contribution is 7.91. The molecule has 0 aromatic rings. The smallest absolute Gasteiger partial charge is 0.310 e. The van der Waals surface area contributed by atoms with E-state index in [9.17, 15) is 18.3 Å². The summed E-state index contributed by atoms with van der Waals surface area (Å²) in [5, 5.41) is 9.29. The molecule has 0 amide bonds. The highest BCUT2D eigenvalue weighted by Gasteiger charge is 2.47. The lowest BCUT2D eigenvalue weighted by Crippen LogP contribution is -2.32. The third kappa shape index (κ3) is 3.03. The molecule has 0 bridgehead atoms. The Kier molecular flexibility index (Phi) is 3.96. The summed E-state index contributed by atoms with van der Waals surface area (Å²) in [4.78, 5) is 11.3. The topological polar surface area (TPSA) is 80.7 Å². The SMILES string of the molecule is O=C(O)C1(CCCC2CCCO2)CCS(=O)(=O)C1. The lowest BCUT2D eigenvalue weighted by Gasteiger charge is -2.22. The summed E-state index contributed by atoms with van der Waals surface area (Å²) in [6.45, 7) is 0.795. The number of aliphatic carboxylic acids is 1. The van der Waals surface area contributed by atoms with E-state index in [0.29, 0.717) is 6.42 Å². The Morgan fingerprint density at radius 3 is 2.72 bits per heavy atom. The van der Waals surface area contributed by atoms with Gasteiger partial charge in [-0.2, -0.15) is 0 Å². The Balaban J connectivity index is 1.89. The molecule has 2 atom stereocenters. The van der Waals surface area contributed by atoms with Crippen LogP contribution in [0.15, 0.2) is 0 Å². The van der Waals surface area contributed by atoms with Gasteiger partial charge in [0.15, 0.2) is 9.84 Å². The standard InChI is InChI=1S/C12H20O5S/c13-11(14)12(6-8-18(15,16)9-12)5-1-3-10-4-2-7-17-10/h10H,1-9H2,(H,13,14). The number of rotatable bonds is 5. The Bertz CT molecular complexity index is 410. The van der Waals surface area contributed by atoms with E-state index >= 15 is 0 Å². The van der Waals surface area contributed by atoms with E-state index in [1.165, 1.54) is 0 Å². The van der Waals surface area contributed by atoms with Crippen molar-refractivity contribution in [1.82, 2.24) is 0 Å². The molecule has 2 unspecified atom stereocenters. The number of carboxylic acids is 1. The average Bonchev–Trinajstić information content (AvgIpc) is 2.87. The third-order valence-corrected chi connectivity index (χ3v) is 5.87. The predicted molar refractivity (Wildman–Crippen MR) is 66.2 cm³/mol. The van der Waals surface area contributed by atoms with Gasteiger partial charge in [0.1, 0.15) is 0 Å². The molecule has 0 saturated carbocycles. The van der Waals surface area contributed by atoms with Gasteiger partial charge in [0.2, 0.25) is 0 Å². The van der Waals surface area contributed by atoms with Crippen LogP contribution in [-0.2, 0) is 19.4 Å². The van der Waals surface area contributed by atoms with Crippen molar-refractivity contribution < 1.29 is 23.1 Å². The van der Waals surface area contributed by atoms with Gasteiger partial charge in [0.05, 0.1) is 23.0 Å². The monoisotopic (exact) mass is 276 g/mol. The second-order valence-electron chi connectivity index (χ2n) is 5.45. The zero-order chi connectivity index (χ0) is 13.2. The van der Waals surface area contributed by atoms with Crippen LogP contribution < -0.4 is 0 Å². The fourth-order valence-corrected chi connectivity index (χ4v) is 5.03. The van der Waals surface area contributed by atoms with Crippen molar-refractivity contribution in [1.29, 1.82) is 0 Å². The summed E-state index contributed by atoms with van der Waals surface area (Å²) in [6, 6.07) is 0. The molecule has 6 heteroatoms. The summed E-state index contributed by atoms with van der Waals surface area (Å²) >= 11 is 0. The van der Waals surface area contributed by atoms with Gasteiger partial charge in [-0.05, 0) is 38.5 Å². The zero-order valence-electron chi connectivity index (χ0n) is 10.4. The highest BCUT2D eigenvalue weighted by Crippen LogP contribution is 2.38. The minimum absolute atomic E-state index is 0.0131. The van der Waals surface area contributed by atoms with Crippen LogP contribution in [0.2, 0.25) is 0 Å². The maximum absolute atomic E-state index is 11.5. The first-order valence-corrected chi connectivity index (χ1v) is 8.31. The van der Waals surface area contributed by atoms with Crippen molar-refractivity contribution in [2.75, 3.05) is 18.1 Å². The fraction of sp³-hybridized carbons (Fsp3) is 0.917. The van der Waals surface area contributed by atoms with Crippen molar-refractivity contribution in [3.63, 3.8) is 0 Å². The molecular formula is C12H20O5S. The Labute approximate surface area is 107 Å². The molecule has 2 aliphatic rings. The predicted octanol–water partition coefficient (Wildman–Crippen LogP) is 1.23. The molecule has 2 aliphatic heterocycles. The van der Waals surface area contributed by atoms with Gasteiger partial charge in [-0.3, -0.25) is 4.79 Å². The second-order valence-corrected chi connectivity index (χ2v) is 7.64. The molecule has 2 rings (SSSR count). The van der Waals surface area contributed by atoms with E-state index in [0.717, 1.165) is 32.3 Å². The number of carbonyl (C=O) groups is 1. The summed E-state index contributed by atoms with van der Waals surface area (Å²) in [5.41, 5.74) is -1.04. The quantitative estimate of drug-likeness (QED) is 0.816. The van der Waals surface area contributed by atoms with E-state index in [-0.39, 0.29) is 24.0 Å². The van der Waals surface area contributed by atoms with Gasteiger partial charge in [-0.1, -0.05) is 0 Å².